The van der Waals surface area contributed by atoms with Crippen molar-refractivity contribution < 1.29 is 13.9 Å². The smallest absolute Gasteiger partial charge is 0.226 e. The van der Waals surface area contributed by atoms with Crippen LogP contribution in [0.15, 0.2) is 42.5 Å². The van der Waals surface area contributed by atoms with E-state index in [0.29, 0.717) is 34.8 Å². The first-order valence-electron chi connectivity index (χ1n) is 8.22. The molecular formula is C19H19FN2O2S. The van der Waals surface area contributed by atoms with Crippen molar-refractivity contribution in [2.45, 2.75) is 26.2 Å². The van der Waals surface area contributed by atoms with Gasteiger partial charge in [-0.15, -0.1) is 0 Å². The molecule has 0 unspecified atom stereocenters. The molecule has 0 saturated carbocycles. The summed E-state index contributed by atoms with van der Waals surface area (Å²) < 4.78 is 20.0. The molecular weight excluding hydrogens is 339 g/mol. The van der Waals surface area contributed by atoms with E-state index in [1.807, 2.05) is 24.3 Å². The second kappa shape index (κ2) is 8.07. The number of amides is 1. The minimum Gasteiger partial charge on any atom is -0.494 e. The van der Waals surface area contributed by atoms with Crippen molar-refractivity contribution in [2.75, 3.05) is 11.9 Å². The van der Waals surface area contributed by atoms with Crippen LogP contribution in [-0.2, 0) is 11.2 Å². The summed E-state index contributed by atoms with van der Waals surface area (Å²) in [4.78, 5) is 16.1. The highest BCUT2D eigenvalue weighted by Crippen LogP contribution is 2.27. The lowest BCUT2D eigenvalue weighted by atomic mass is 10.2. The summed E-state index contributed by atoms with van der Waals surface area (Å²) in [6.07, 6.45) is 1.92. The van der Waals surface area contributed by atoms with Crippen LogP contribution >= 0.6 is 11.3 Å². The van der Waals surface area contributed by atoms with Crippen molar-refractivity contribution in [2.24, 2.45) is 0 Å². The Morgan fingerprint density at radius 2 is 2.04 bits per heavy atom. The zero-order chi connectivity index (χ0) is 17.6. The minimum atomic E-state index is -0.378. The van der Waals surface area contributed by atoms with Crippen molar-refractivity contribution in [3.8, 4) is 5.75 Å². The van der Waals surface area contributed by atoms with Crippen molar-refractivity contribution in [1.29, 1.82) is 0 Å². The summed E-state index contributed by atoms with van der Waals surface area (Å²) in [6, 6.07) is 12.7. The fourth-order valence-electron chi connectivity index (χ4n) is 2.39. The highest BCUT2D eigenvalue weighted by molar-refractivity contribution is 7.22. The van der Waals surface area contributed by atoms with Crippen LogP contribution in [0.2, 0.25) is 0 Å². The average Bonchev–Trinajstić information content (AvgIpc) is 3.03. The Bertz CT molecular complexity index is 861. The van der Waals surface area contributed by atoms with Gasteiger partial charge in [0.2, 0.25) is 5.91 Å². The fourth-order valence-corrected chi connectivity index (χ4v) is 3.29. The Hall–Kier alpha value is -2.47. The Balaban J connectivity index is 1.45. The van der Waals surface area contributed by atoms with Crippen LogP contribution in [0.4, 0.5) is 9.52 Å². The monoisotopic (exact) mass is 358 g/mol. The number of para-hydroxylation sites is 1. The molecule has 3 rings (SSSR count). The maximum Gasteiger partial charge on any atom is 0.226 e. The molecule has 0 aliphatic carbocycles. The predicted octanol–water partition coefficient (Wildman–Crippen LogP) is 4.80. The molecule has 1 heterocycles. The molecule has 130 valence electrons. The Kier molecular flexibility index (Phi) is 5.60. The molecule has 0 aliphatic rings. The number of hydrogen-bond donors (Lipinski definition) is 1. The summed E-state index contributed by atoms with van der Waals surface area (Å²) in [6.45, 7) is 2.57. The van der Waals surface area contributed by atoms with Crippen LogP contribution in [0.5, 0.6) is 5.75 Å². The summed E-state index contributed by atoms with van der Waals surface area (Å²) in [5, 5.41) is 3.14. The van der Waals surface area contributed by atoms with Crippen LogP contribution in [0.1, 0.15) is 25.3 Å². The lowest BCUT2D eigenvalue weighted by Crippen LogP contribution is -2.12. The molecule has 4 nitrogen and oxygen atoms in total. The number of hydrogen-bond acceptors (Lipinski definition) is 4. The average molecular weight is 358 g/mol. The van der Waals surface area contributed by atoms with E-state index in [4.69, 9.17) is 4.74 Å². The predicted molar refractivity (Wildman–Crippen MR) is 98.8 cm³/mol. The molecule has 25 heavy (non-hydrogen) atoms. The van der Waals surface area contributed by atoms with Crippen molar-refractivity contribution in [1.82, 2.24) is 4.98 Å². The number of halogens is 1. The van der Waals surface area contributed by atoms with E-state index in [0.717, 1.165) is 12.2 Å². The highest BCUT2D eigenvalue weighted by Gasteiger charge is 2.10. The normalized spacial score (nSPS) is 10.8. The van der Waals surface area contributed by atoms with E-state index >= 15 is 0 Å². The van der Waals surface area contributed by atoms with Gasteiger partial charge in [0.25, 0.3) is 0 Å². The third-order valence-electron chi connectivity index (χ3n) is 3.76. The zero-order valence-electron chi connectivity index (χ0n) is 13.9. The summed E-state index contributed by atoms with van der Waals surface area (Å²) in [5.41, 5.74) is 1.56. The van der Waals surface area contributed by atoms with Gasteiger partial charge >= 0.3 is 0 Å². The highest BCUT2D eigenvalue weighted by atomic mass is 32.1. The Morgan fingerprint density at radius 1 is 1.24 bits per heavy atom. The molecule has 0 radical (unpaired) electrons. The molecule has 1 aromatic heterocycles. The number of fused-ring (bicyclic) bond motifs is 1. The van der Waals surface area contributed by atoms with Crippen molar-refractivity contribution in [3.63, 3.8) is 0 Å². The first kappa shape index (κ1) is 17.4. The zero-order valence-corrected chi connectivity index (χ0v) is 14.7. The number of nitrogens with one attached hydrogen (secondary N) is 1. The lowest BCUT2D eigenvalue weighted by Gasteiger charge is -2.06. The molecule has 0 atom stereocenters. The molecule has 1 N–H and O–H groups in total. The van der Waals surface area contributed by atoms with E-state index in [2.05, 4.69) is 17.2 Å². The molecule has 0 aliphatic heterocycles. The van der Waals surface area contributed by atoms with Gasteiger partial charge in [-0.1, -0.05) is 36.5 Å². The number of carbonyl (C=O) groups is 1. The fraction of sp³-hybridized carbons (Fsp3) is 0.263. The largest absolute Gasteiger partial charge is 0.494 e. The standard InChI is InChI=1S/C19H19FN2O2S/c1-2-13-8-10-14(11-9-13)24-12-4-7-17(23)21-19-22-18-15(20)5-3-6-16(18)25-19/h3,5-6,8-11H,2,4,7,12H2,1H3,(H,21,22,23). The Morgan fingerprint density at radius 3 is 2.76 bits per heavy atom. The maximum atomic E-state index is 13.6. The second-order valence-electron chi connectivity index (χ2n) is 5.60. The van der Waals surface area contributed by atoms with Crippen LogP contribution in [0.25, 0.3) is 10.2 Å². The van der Waals surface area contributed by atoms with Crippen LogP contribution < -0.4 is 10.1 Å². The van der Waals surface area contributed by atoms with Crippen LogP contribution in [0, 0.1) is 5.82 Å². The van der Waals surface area contributed by atoms with Gasteiger partial charge in [0.1, 0.15) is 17.1 Å². The number of benzene rings is 2. The molecule has 0 bridgehead atoms. The van der Waals surface area contributed by atoms with Gasteiger partial charge in [-0.25, -0.2) is 9.37 Å². The third kappa shape index (κ3) is 4.54. The van der Waals surface area contributed by atoms with Gasteiger partial charge in [-0.05, 0) is 42.7 Å². The summed E-state index contributed by atoms with van der Waals surface area (Å²) in [5.74, 6) is 0.278. The van der Waals surface area contributed by atoms with Gasteiger partial charge in [-0.3, -0.25) is 4.79 Å². The van der Waals surface area contributed by atoms with Gasteiger partial charge in [-0.2, -0.15) is 0 Å². The van der Waals surface area contributed by atoms with Crippen molar-refractivity contribution >= 4 is 32.6 Å². The van der Waals surface area contributed by atoms with Crippen LogP contribution in [0.3, 0.4) is 0 Å². The number of anilines is 1. The number of aryl methyl sites for hydroxylation is 1. The number of rotatable bonds is 7. The maximum absolute atomic E-state index is 13.6. The molecule has 0 saturated heterocycles. The molecule has 3 aromatic rings. The van der Waals surface area contributed by atoms with E-state index in [1.54, 1.807) is 12.1 Å². The third-order valence-corrected chi connectivity index (χ3v) is 4.70. The van der Waals surface area contributed by atoms with E-state index in [1.165, 1.54) is 23.0 Å². The van der Waals surface area contributed by atoms with Crippen LogP contribution in [-0.4, -0.2) is 17.5 Å². The number of ether oxygens (including phenoxy) is 1. The summed E-state index contributed by atoms with van der Waals surface area (Å²) >= 11 is 1.26. The second-order valence-corrected chi connectivity index (χ2v) is 6.63. The molecule has 6 heteroatoms. The first-order valence-corrected chi connectivity index (χ1v) is 9.04. The number of nitrogens with zero attached hydrogens (tertiary/aromatic N) is 1. The van der Waals surface area contributed by atoms with Crippen molar-refractivity contribution in [3.05, 3.63) is 53.8 Å². The number of thiazole rings is 1. The number of carbonyl (C=O) groups excluding carboxylic acids is 1. The van der Waals surface area contributed by atoms with E-state index in [9.17, 15) is 9.18 Å². The first-order chi connectivity index (χ1) is 12.2. The minimum absolute atomic E-state index is 0.149. The van der Waals surface area contributed by atoms with Gasteiger partial charge in [0.05, 0.1) is 11.3 Å². The number of aromatic nitrogens is 1. The lowest BCUT2D eigenvalue weighted by molar-refractivity contribution is -0.116. The molecule has 0 fully saturated rings. The van der Waals surface area contributed by atoms with Gasteiger partial charge in [0, 0.05) is 6.42 Å². The topological polar surface area (TPSA) is 51.2 Å². The summed E-state index contributed by atoms with van der Waals surface area (Å²) in [7, 11) is 0. The molecule has 0 spiro atoms. The van der Waals surface area contributed by atoms with E-state index in [-0.39, 0.29) is 11.7 Å². The Labute approximate surface area is 149 Å². The molecule has 2 aromatic carbocycles. The SMILES string of the molecule is CCc1ccc(OCCCC(=O)Nc2nc3c(F)cccc3s2)cc1. The molecule has 1 amide bonds. The van der Waals surface area contributed by atoms with Gasteiger partial charge < -0.3 is 10.1 Å². The quantitative estimate of drug-likeness (QED) is 0.618. The van der Waals surface area contributed by atoms with E-state index < -0.39 is 0 Å². The van der Waals surface area contributed by atoms with Gasteiger partial charge in [0.15, 0.2) is 5.13 Å².